The lowest BCUT2D eigenvalue weighted by atomic mass is 10.2. The van der Waals surface area contributed by atoms with Gasteiger partial charge in [0.1, 0.15) is 5.56 Å². The van der Waals surface area contributed by atoms with Gasteiger partial charge in [-0.05, 0) is 25.5 Å². The summed E-state index contributed by atoms with van der Waals surface area (Å²) in [5.41, 5.74) is 1.06. The Hall–Kier alpha value is -2.88. The van der Waals surface area contributed by atoms with E-state index in [9.17, 15) is 18.0 Å². The number of benzene rings is 1. The van der Waals surface area contributed by atoms with Crippen LogP contribution in [-0.2, 0) is 26.6 Å². The zero-order chi connectivity index (χ0) is 20.9. The smallest absolute Gasteiger partial charge is 0.305 e. The van der Waals surface area contributed by atoms with Gasteiger partial charge in [-0.2, -0.15) is 5.10 Å². The van der Waals surface area contributed by atoms with Gasteiger partial charge >= 0.3 is 5.97 Å². The first kappa shape index (κ1) is 21.4. The van der Waals surface area contributed by atoms with E-state index in [2.05, 4.69) is 15.2 Å². The molecule has 0 aliphatic heterocycles. The second-order valence-electron chi connectivity index (χ2n) is 6.23. The molecule has 0 bridgehead atoms. The van der Waals surface area contributed by atoms with E-state index < -0.39 is 15.9 Å². The number of sulfonamides is 1. The van der Waals surface area contributed by atoms with Crippen LogP contribution in [0.3, 0.4) is 0 Å². The van der Waals surface area contributed by atoms with Gasteiger partial charge in [0, 0.05) is 27.1 Å². The largest absolute Gasteiger partial charge is 0.469 e. The standard InChI is InChI=1S/C18H24N4O5S/c1-13-7-9-14(10-8-13)28(25,26)22(3)18-15(12-20-21(18)2)17(24)19-11-5-6-16(23)27-4/h7-10,12H,5-6,11H2,1-4H3,(H,19,24). The lowest BCUT2D eigenvalue weighted by molar-refractivity contribution is -0.140. The zero-order valence-corrected chi connectivity index (χ0v) is 17.1. The van der Waals surface area contributed by atoms with Crippen molar-refractivity contribution in [3.63, 3.8) is 0 Å². The summed E-state index contributed by atoms with van der Waals surface area (Å²) in [5.74, 6) is -0.690. The van der Waals surface area contributed by atoms with Crippen LogP contribution in [0.5, 0.6) is 0 Å². The average Bonchev–Trinajstić information content (AvgIpc) is 3.05. The predicted octanol–water partition coefficient (Wildman–Crippen LogP) is 1.24. The summed E-state index contributed by atoms with van der Waals surface area (Å²) < 4.78 is 32.8. The number of esters is 1. The maximum Gasteiger partial charge on any atom is 0.305 e. The van der Waals surface area contributed by atoms with Crippen LogP contribution < -0.4 is 9.62 Å². The minimum Gasteiger partial charge on any atom is -0.469 e. The number of rotatable bonds is 8. The summed E-state index contributed by atoms with van der Waals surface area (Å²) in [7, 11) is 0.368. The van der Waals surface area contributed by atoms with E-state index in [1.54, 1.807) is 19.2 Å². The number of carbonyl (C=O) groups is 2. The van der Waals surface area contributed by atoms with E-state index in [-0.39, 0.29) is 35.2 Å². The number of anilines is 1. The van der Waals surface area contributed by atoms with Crippen LogP contribution in [0.2, 0.25) is 0 Å². The minimum absolute atomic E-state index is 0.117. The molecular formula is C18H24N4O5S. The van der Waals surface area contributed by atoms with E-state index in [0.717, 1.165) is 9.87 Å². The van der Waals surface area contributed by atoms with Crippen molar-refractivity contribution < 1.29 is 22.7 Å². The minimum atomic E-state index is -3.87. The van der Waals surface area contributed by atoms with Crippen molar-refractivity contribution >= 4 is 27.7 Å². The molecule has 1 aromatic carbocycles. The molecule has 0 saturated heterocycles. The fraction of sp³-hybridized carbons (Fsp3) is 0.389. The van der Waals surface area contributed by atoms with Gasteiger partial charge in [0.05, 0.1) is 18.2 Å². The van der Waals surface area contributed by atoms with Gasteiger partial charge in [0.2, 0.25) is 0 Å². The molecule has 1 heterocycles. The molecule has 0 atom stereocenters. The first-order valence-corrected chi connectivity index (χ1v) is 10.0. The Bertz CT molecular complexity index is 951. The molecule has 9 nitrogen and oxygen atoms in total. The quantitative estimate of drug-likeness (QED) is 0.520. The zero-order valence-electron chi connectivity index (χ0n) is 16.3. The summed E-state index contributed by atoms with van der Waals surface area (Å²) >= 11 is 0. The van der Waals surface area contributed by atoms with Crippen molar-refractivity contribution in [2.45, 2.75) is 24.7 Å². The van der Waals surface area contributed by atoms with Crippen LogP contribution >= 0.6 is 0 Å². The highest BCUT2D eigenvalue weighted by atomic mass is 32.2. The lowest BCUT2D eigenvalue weighted by Crippen LogP contribution is -2.32. The van der Waals surface area contributed by atoms with Gasteiger partial charge in [0.25, 0.3) is 15.9 Å². The molecule has 2 rings (SSSR count). The molecule has 0 saturated carbocycles. The van der Waals surface area contributed by atoms with Gasteiger partial charge in [-0.25, -0.2) is 8.42 Å². The fourth-order valence-corrected chi connectivity index (χ4v) is 3.82. The van der Waals surface area contributed by atoms with E-state index in [4.69, 9.17) is 0 Å². The Labute approximate surface area is 164 Å². The SMILES string of the molecule is COC(=O)CCCNC(=O)c1cnn(C)c1N(C)S(=O)(=O)c1ccc(C)cc1. The number of nitrogens with one attached hydrogen (secondary N) is 1. The molecule has 1 N–H and O–H groups in total. The van der Waals surface area contributed by atoms with Crippen molar-refractivity contribution in [2.24, 2.45) is 7.05 Å². The van der Waals surface area contributed by atoms with Crippen LogP contribution in [0, 0.1) is 6.92 Å². The Kier molecular flexibility index (Phi) is 6.79. The summed E-state index contributed by atoms with van der Waals surface area (Å²) in [6.45, 7) is 2.11. The molecular weight excluding hydrogens is 384 g/mol. The molecule has 0 spiro atoms. The highest BCUT2D eigenvalue weighted by molar-refractivity contribution is 7.92. The van der Waals surface area contributed by atoms with Gasteiger partial charge < -0.3 is 10.1 Å². The molecule has 0 unspecified atom stereocenters. The molecule has 0 radical (unpaired) electrons. The number of amides is 1. The molecule has 10 heteroatoms. The number of hydrogen-bond donors (Lipinski definition) is 1. The van der Waals surface area contributed by atoms with Crippen LogP contribution in [0.1, 0.15) is 28.8 Å². The highest BCUT2D eigenvalue weighted by Gasteiger charge is 2.28. The number of hydrogen-bond acceptors (Lipinski definition) is 6. The van der Waals surface area contributed by atoms with Crippen molar-refractivity contribution in [2.75, 3.05) is 25.0 Å². The summed E-state index contributed by atoms with van der Waals surface area (Å²) in [6.07, 6.45) is 1.90. The molecule has 0 aliphatic carbocycles. The first-order valence-electron chi connectivity index (χ1n) is 8.61. The number of methoxy groups -OCH3 is 1. The highest BCUT2D eigenvalue weighted by Crippen LogP contribution is 2.25. The third kappa shape index (κ3) is 4.69. The number of ether oxygens (including phenoxy) is 1. The molecule has 152 valence electrons. The average molecular weight is 408 g/mol. The number of carbonyl (C=O) groups excluding carboxylic acids is 2. The van der Waals surface area contributed by atoms with E-state index >= 15 is 0 Å². The van der Waals surface area contributed by atoms with Gasteiger partial charge in [0.15, 0.2) is 5.82 Å². The fourth-order valence-electron chi connectivity index (χ4n) is 2.58. The third-order valence-corrected chi connectivity index (χ3v) is 5.96. The van der Waals surface area contributed by atoms with Gasteiger partial charge in [-0.3, -0.25) is 18.6 Å². The van der Waals surface area contributed by atoms with Crippen molar-refractivity contribution in [3.05, 3.63) is 41.6 Å². The molecule has 0 aliphatic rings. The Morgan fingerprint density at radius 3 is 2.50 bits per heavy atom. The summed E-state index contributed by atoms with van der Waals surface area (Å²) in [6, 6.07) is 6.45. The second-order valence-corrected chi connectivity index (χ2v) is 8.20. The topological polar surface area (TPSA) is 111 Å². The van der Waals surface area contributed by atoms with Crippen LogP contribution in [0.15, 0.2) is 35.4 Å². The lowest BCUT2D eigenvalue weighted by Gasteiger charge is -2.21. The van der Waals surface area contributed by atoms with Crippen molar-refractivity contribution in [3.8, 4) is 0 Å². The maximum atomic E-state index is 12.9. The molecule has 28 heavy (non-hydrogen) atoms. The van der Waals surface area contributed by atoms with Crippen molar-refractivity contribution in [1.82, 2.24) is 15.1 Å². The Morgan fingerprint density at radius 1 is 1.25 bits per heavy atom. The molecule has 1 aromatic heterocycles. The summed E-state index contributed by atoms with van der Waals surface area (Å²) in [4.78, 5) is 23.7. The van der Waals surface area contributed by atoms with E-state index in [1.165, 1.54) is 37.2 Å². The first-order chi connectivity index (χ1) is 13.2. The third-order valence-electron chi connectivity index (χ3n) is 4.20. The maximum absolute atomic E-state index is 12.9. The Balaban J connectivity index is 2.20. The van der Waals surface area contributed by atoms with Crippen LogP contribution in [0.4, 0.5) is 5.82 Å². The normalized spacial score (nSPS) is 11.1. The number of aryl methyl sites for hydroxylation is 2. The molecule has 1 amide bonds. The monoisotopic (exact) mass is 408 g/mol. The van der Waals surface area contributed by atoms with Crippen LogP contribution in [0.25, 0.3) is 0 Å². The Morgan fingerprint density at radius 2 is 1.89 bits per heavy atom. The number of nitrogens with zero attached hydrogens (tertiary/aromatic N) is 3. The second kappa shape index (κ2) is 8.87. The van der Waals surface area contributed by atoms with Crippen molar-refractivity contribution in [1.29, 1.82) is 0 Å². The van der Waals surface area contributed by atoms with E-state index in [0.29, 0.717) is 6.42 Å². The van der Waals surface area contributed by atoms with E-state index in [1.807, 2.05) is 6.92 Å². The molecule has 2 aromatic rings. The predicted molar refractivity (Wildman–Crippen MR) is 104 cm³/mol. The molecule has 0 fully saturated rings. The van der Waals surface area contributed by atoms with Gasteiger partial charge in [-0.15, -0.1) is 0 Å². The van der Waals surface area contributed by atoms with Gasteiger partial charge in [-0.1, -0.05) is 17.7 Å². The van der Waals surface area contributed by atoms with Crippen LogP contribution in [-0.4, -0.2) is 50.8 Å². The number of aromatic nitrogens is 2. The summed E-state index contributed by atoms with van der Waals surface area (Å²) in [5, 5.41) is 6.69.